The summed E-state index contributed by atoms with van der Waals surface area (Å²) in [6, 6.07) is 5.51. The summed E-state index contributed by atoms with van der Waals surface area (Å²) in [7, 11) is 0. The zero-order valence-corrected chi connectivity index (χ0v) is 9.76. The van der Waals surface area contributed by atoms with Crippen molar-refractivity contribution in [2.24, 2.45) is 0 Å². The minimum atomic E-state index is 0.0919. The summed E-state index contributed by atoms with van der Waals surface area (Å²) in [5.41, 5.74) is 2.61. The molecule has 0 aliphatic heterocycles. The van der Waals surface area contributed by atoms with Gasteiger partial charge in [-0.2, -0.15) is 0 Å². The van der Waals surface area contributed by atoms with Crippen molar-refractivity contribution in [3.63, 3.8) is 0 Å². The highest BCUT2D eigenvalue weighted by Gasteiger charge is 2.05. The van der Waals surface area contributed by atoms with Crippen LogP contribution in [0.3, 0.4) is 0 Å². The number of aromatic amines is 1. The largest absolute Gasteiger partial charge is 0.494 e. The van der Waals surface area contributed by atoms with E-state index >= 15 is 0 Å². The first-order chi connectivity index (χ1) is 7.63. The number of aryl methyl sites for hydroxylation is 1. The third-order valence-corrected chi connectivity index (χ3v) is 2.77. The van der Waals surface area contributed by atoms with E-state index in [4.69, 9.17) is 4.74 Å². The molecule has 0 unspecified atom stereocenters. The lowest BCUT2D eigenvalue weighted by Gasteiger charge is -2.07. The molecule has 2 aromatic rings. The number of H-pyrrole nitrogens is 1. The van der Waals surface area contributed by atoms with Gasteiger partial charge in [-0.3, -0.25) is 4.79 Å². The maximum absolute atomic E-state index is 12.0. The Hall–Kier alpha value is -1.77. The van der Waals surface area contributed by atoms with Crippen LogP contribution in [0, 0.1) is 13.8 Å². The molecule has 1 aromatic carbocycles. The van der Waals surface area contributed by atoms with Crippen LogP contribution in [0.15, 0.2) is 23.0 Å². The predicted octanol–water partition coefficient (Wildman–Crippen LogP) is 2.54. The molecule has 0 fully saturated rings. The van der Waals surface area contributed by atoms with Crippen LogP contribution in [0.2, 0.25) is 0 Å². The summed E-state index contributed by atoms with van der Waals surface area (Å²) >= 11 is 0. The first kappa shape index (κ1) is 10.7. The lowest BCUT2D eigenvalue weighted by atomic mass is 10.1. The maximum Gasteiger partial charge on any atom is 0.192 e. The van der Waals surface area contributed by atoms with Gasteiger partial charge in [0.15, 0.2) is 5.43 Å². The first-order valence-electron chi connectivity index (χ1n) is 5.39. The van der Waals surface area contributed by atoms with E-state index in [1.807, 2.05) is 39.0 Å². The summed E-state index contributed by atoms with van der Waals surface area (Å²) in [5.74, 6) is 0.786. The zero-order chi connectivity index (χ0) is 11.7. The molecule has 0 bridgehead atoms. The van der Waals surface area contributed by atoms with Gasteiger partial charge in [0.25, 0.3) is 0 Å². The van der Waals surface area contributed by atoms with Gasteiger partial charge in [-0.25, -0.2) is 0 Å². The van der Waals surface area contributed by atoms with Crippen molar-refractivity contribution >= 4 is 10.9 Å². The number of fused-ring (bicyclic) bond motifs is 1. The summed E-state index contributed by atoms with van der Waals surface area (Å²) in [6.45, 7) is 6.31. The summed E-state index contributed by atoms with van der Waals surface area (Å²) in [4.78, 5) is 15.2. The topological polar surface area (TPSA) is 42.1 Å². The Labute approximate surface area is 94.1 Å². The number of hydrogen-bond donors (Lipinski definition) is 1. The normalized spacial score (nSPS) is 10.7. The summed E-state index contributed by atoms with van der Waals surface area (Å²) in [6.07, 6.45) is 0. The van der Waals surface area contributed by atoms with Gasteiger partial charge in [0.05, 0.1) is 12.1 Å². The average molecular weight is 217 g/mol. The van der Waals surface area contributed by atoms with Gasteiger partial charge in [-0.15, -0.1) is 0 Å². The van der Waals surface area contributed by atoms with E-state index in [-0.39, 0.29) is 5.43 Å². The molecule has 1 heterocycles. The molecular weight excluding hydrogens is 202 g/mol. The molecule has 0 amide bonds. The van der Waals surface area contributed by atoms with Crippen molar-refractivity contribution in [1.82, 2.24) is 4.98 Å². The molecule has 1 aromatic heterocycles. The fraction of sp³-hybridized carbons (Fsp3) is 0.308. The molecule has 0 saturated carbocycles. The third-order valence-electron chi connectivity index (χ3n) is 2.77. The molecular formula is C13H15NO2. The smallest absolute Gasteiger partial charge is 0.192 e. The molecule has 3 heteroatoms. The number of pyridine rings is 1. The number of benzene rings is 1. The molecule has 84 valence electrons. The molecule has 0 saturated heterocycles. The van der Waals surface area contributed by atoms with E-state index in [2.05, 4.69) is 4.98 Å². The third kappa shape index (κ3) is 1.69. The second-order valence-electron chi connectivity index (χ2n) is 3.84. The number of ether oxygens (including phenoxy) is 1. The predicted molar refractivity (Wildman–Crippen MR) is 65.2 cm³/mol. The highest BCUT2D eigenvalue weighted by atomic mass is 16.5. The van der Waals surface area contributed by atoms with E-state index in [1.54, 1.807) is 0 Å². The second-order valence-corrected chi connectivity index (χ2v) is 3.84. The molecule has 16 heavy (non-hydrogen) atoms. The maximum atomic E-state index is 12.0. The summed E-state index contributed by atoms with van der Waals surface area (Å²) < 4.78 is 5.40. The number of hydrogen-bond acceptors (Lipinski definition) is 2. The molecule has 2 rings (SSSR count). The minimum absolute atomic E-state index is 0.0919. The van der Waals surface area contributed by atoms with E-state index in [0.717, 1.165) is 22.5 Å². The van der Waals surface area contributed by atoms with Crippen molar-refractivity contribution in [3.05, 3.63) is 39.7 Å². The van der Waals surface area contributed by atoms with Crippen LogP contribution < -0.4 is 10.2 Å². The fourth-order valence-corrected chi connectivity index (χ4v) is 1.75. The van der Waals surface area contributed by atoms with Gasteiger partial charge in [0, 0.05) is 22.7 Å². The van der Waals surface area contributed by atoms with E-state index in [0.29, 0.717) is 12.0 Å². The molecule has 0 radical (unpaired) electrons. The van der Waals surface area contributed by atoms with Crippen molar-refractivity contribution < 1.29 is 4.74 Å². The second kappa shape index (κ2) is 4.00. The molecule has 1 N–H and O–H groups in total. The van der Waals surface area contributed by atoms with Crippen LogP contribution in [0.1, 0.15) is 18.2 Å². The molecule has 0 spiro atoms. The van der Waals surface area contributed by atoms with E-state index in [9.17, 15) is 4.79 Å². The lowest BCUT2D eigenvalue weighted by Crippen LogP contribution is -2.09. The Morgan fingerprint density at radius 3 is 2.75 bits per heavy atom. The molecule has 0 aliphatic rings. The number of nitrogens with one attached hydrogen (secondary N) is 1. The van der Waals surface area contributed by atoms with Gasteiger partial charge >= 0.3 is 0 Å². The van der Waals surface area contributed by atoms with E-state index in [1.165, 1.54) is 0 Å². The standard InChI is InChI=1S/C13H15NO2/c1-4-16-10-5-6-11-12(7-10)14-9(3)8(2)13(11)15/h5-7H,4H2,1-3H3,(H,14,15). The Kier molecular flexibility index (Phi) is 2.69. The van der Waals surface area contributed by atoms with Crippen LogP contribution >= 0.6 is 0 Å². The van der Waals surface area contributed by atoms with Gasteiger partial charge in [0.2, 0.25) is 0 Å². The highest BCUT2D eigenvalue weighted by molar-refractivity contribution is 5.80. The van der Waals surface area contributed by atoms with Crippen LogP contribution in [-0.2, 0) is 0 Å². The van der Waals surface area contributed by atoms with Gasteiger partial charge < -0.3 is 9.72 Å². The van der Waals surface area contributed by atoms with Crippen molar-refractivity contribution in [3.8, 4) is 5.75 Å². The van der Waals surface area contributed by atoms with Crippen molar-refractivity contribution in [2.45, 2.75) is 20.8 Å². The zero-order valence-electron chi connectivity index (χ0n) is 9.76. The Morgan fingerprint density at radius 1 is 1.31 bits per heavy atom. The van der Waals surface area contributed by atoms with Gasteiger partial charge in [0.1, 0.15) is 5.75 Å². The van der Waals surface area contributed by atoms with Crippen molar-refractivity contribution in [2.75, 3.05) is 6.61 Å². The SMILES string of the molecule is CCOc1ccc2c(=O)c(C)c(C)[nH]c2c1. The quantitative estimate of drug-likeness (QED) is 0.840. The lowest BCUT2D eigenvalue weighted by molar-refractivity contribution is 0.340. The average Bonchev–Trinajstić information content (AvgIpc) is 2.26. The Balaban J connectivity index is 2.71. The fourth-order valence-electron chi connectivity index (χ4n) is 1.75. The highest BCUT2D eigenvalue weighted by Crippen LogP contribution is 2.18. The molecule has 0 aliphatic carbocycles. The van der Waals surface area contributed by atoms with Crippen LogP contribution in [0.5, 0.6) is 5.75 Å². The first-order valence-corrected chi connectivity index (χ1v) is 5.39. The summed E-state index contributed by atoms with van der Waals surface area (Å²) in [5, 5.41) is 0.714. The van der Waals surface area contributed by atoms with E-state index < -0.39 is 0 Å². The van der Waals surface area contributed by atoms with Gasteiger partial charge in [-0.05, 0) is 32.9 Å². The van der Waals surface area contributed by atoms with Crippen LogP contribution in [0.4, 0.5) is 0 Å². The number of aromatic nitrogens is 1. The van der Waals surface area contributed by atoms with Crippen molar-refractivity contribution in [1.29, 1.82) is 0 Å². The monoisotopic (exact) mass is 217 g/mol. The Morgan fingerprint density at radius 2 is 2.06 bits per heavy atom. The molecule has 3 nitrogen and oxygen atoms in total. The van der Waals surface area contributed by atoms with Gasteiger partial charge in [-0.1, -0.05) is 0 Å². The van der Waals surface area contributed by atoms with Crippen LogP contribution in [-0.4, -0.2) is 11.6 Å². The van der Waals surface area contributed by atoms with Crippen LogP contribution in [0.25, 0.3) is 10.9 Å². The number of rotatable bonds is 2. The minimum Gasteiger partial charge on any atom is -0.494 e. The molecule has 0 atom stereocenters. The Bertz CT molecular complexity index is 584.